The van der Waals surface area contributed by atoms with E-state index in [1.807, 2.05) is 32.0 Å². The number of rotatable bonds is 3. The molecule has 7 nitrogen and oxygen atoms in total. The summed E-state index contributed by atoms with van der Waals surface area (Å²) in [6.45, 7) is 3.52. The summed E-state index contributed by atoms with van der Waals surface area (Å²) in [6.07, 6.45) is 1.34. The third-order valence-corrected chi connectivity index (χ3v) is 3.43. The fraction of sp³-hybridized carbons (Fsp3) is 0.200. The molecule has 3 rings (SSSR count). The second kappa shape index (κ2) is 5.10. The highest BCUT2D eigenvalue weighted by atomic mass is 16.4. The molecule has 0 aliphatic carbocycles. The second-order valence-corrected chi connectivity index (χ2v) is 5.17. The number of hydrogen-bond donors (Lipinski definition) is 1. The second-order valence-electron chi connectivity index (χ2n) is 5.17. The number of benzene rings is 1. The minimum atomic E-state index is -1.12. The Morgan fingerprint density at radius 2 is 2.05 bits per heavy atom. The lowest BCUT2D eigenvalue weighted by Crippen LogP contribution is -2.27. The summed E-state index contributed by atoms with van der Waals surface area (Å²) in [5.74, 6) is -1.12. The summed E-state index contributed by atoms with van der Waals surface area (Å²) >= 11 is 0. The van der Waals surface area contributed by atoms with Gasteiger partial charge in [-0.15, -0.1) is 0 Å². The van der Waals surface area contributed by atoms with E-state index < -0.39 is 18.1 Å². The molecule has 0 unspecified atom stereocenters. The molecular formula is C15H14N4O3. The van der Waals surface area contributed by atoms with Crippen LogP contribution in [-0.2, 0) is 11.3 Å². The van der Waals surface area contributed by atoms with E-state index in [-0.39, 0.29) is 0 Å². The van der Waals surface area contributed by atoms with Crippen LogP contribution in [-0.4, -0.2) is 30.5 Å². The van der Waals surface area contributed by atoms with Crippen LogP contribution in [0.25, 0.3) is 16.8 Å². The summed E-state index contributed by atoms with van der Waals surface area (Å²) in [4.78, 5) is 23.0. The summed E-state index contributed by atoms with van der Waals surface area (Å²) in [6, 6.07) is 7.63. The molecule has 0 radical (unpaired) electrons. The van der Waals surface area contributed by atoms with Crippen LogP contribution < -0.4 is 5.56 Å². The van der Waals surface area contributed by atoms with E-state index in [9.17, 15) is 9.59 Å². The average molecular weight is 298 g/mol. The Hall–Kier alpha value is -2.96. The Morgan fingerprint density at radius 1 is 1.27 bits per heavy atom. The van der Waals surface area contributed by atoms with Crippen LogP contribution in [0.4, 0.5) is 0 Å². The molecule has 0 amide bonds. The molecule has 1 N–H and O–H groups in total. The quantitative estimate of drug-likeness (QED) is 0.786. The number of aliphatic carboxylic acids is 1. The van der Waals surface area contributed by atoms with Gasteiger partial charge < -0.3 is 5.11 Å². The van der Waals surface area contributed by atoms with Gasteiger partial charge in [-0.1, -0.05) is 23.8 Å². The van der Waals surface area contributed by atoms with Crippen LogP contribution in [0.1, 0.15) is 11.1 Å². The van der Waals surface area contributed by atoms with E-state index in [1.165, 1.54) is 10.8 Å². The van der Waals surface area contributed by atoms with Crippen molar-refractivity contribution in [3.05, 3.63) is 52.1 Å². The third kappa shape index (κ3) is 2.37. The minimum absolute atomic E-state index is 0.297. The molecule has 3 aromatic rings. The Morgan fingerprint density at radius 3 is 2.73 bits per heavy atom. The summed E-state index contributed by atoms with van der Waals surface area (Å²) in [5, 5.41) is 16.9. The van der Waals surface area contributed by atoms with E-state index in [0.717, 1.165) is 21.4 Å². The Labute approximate surface area is 125 Å². The van der Waals surface area contributed by atoms with Crippen molar-refractivity contribution in [2.45, 2.75) is 20.4 Å². The molecule has 1 aromatic carbocycles. The minimum Gasteiger partial charge on any atom is -0.480 e. The number of hydrogen-bond acceptors (Lipinski definition) is 4. The molecule has 2 heterocycles. The van der Waals surface area contributed by atoms with Gasteiger partial charge in [0, 0.05) is 5.56 Å². The lowest BCUT2D eigenvalue weighted by atomic mass is 10.0. The van der Waals surface area contributed by atoms with Gasteiger partial charge in [-0.2, -0.15) is 10.2 Å². The monoisotopic (exact) mass is 298 g/mol. The van der Waals surface area contributed by atoms with Gasteiger partial charge in [0.15, 0.2) is 0 Å². The van der Waals surface area contributed by atoms with Gasteiger partial charge in [0.05, 0.1) is 5.69 Å². The van der Waals surface area contributed by atoms with Crippen molar-refractivity contribution < 1.29 is 9.90 Å². The number of fused-ring (bicyclic) bond motifs is 1. The van der Waals surface area contributed by atoms with Crippen molar-refractivity contribution in [1.82, 2.24) is 19.4 Å². The van der Waals surface area contributed by atoms with E-state index in [2.05, 4.69) is 10.2 Å². The highest BCUT2D eigenvalue weighted by molar-refractivity contribution is 5.69. The first-order valence-corrected chi connectivity index (χ1v) is 6.70. The molecule has 0 atom stereocenters. The number of nitrogens with zero attached hydrogens (tertiary/aromatic N) is 4. The summed E-state index contributed by atoms with van der Waals surface area (Å²) in [5.41, 5.74) is 3.61. The number of carboxylic acid groups (broad SMARTS) is 1. The van der Waals surface area contributed by atoms with Crippen molar-refractivity contribution >= 4 is 11.5 Å². The number of aromatic nitrogens is 4. The number of aryl methyl sites for hydroxylation is 2. The molecular weight excluding hydrogens is 284 g/mol. The first-order chi connectivity index (χ1) is 10.5. The lowest BCUT2D eigenvalue weighted by Gasteiger charge is -2.02. The molecule has 22 heavy (non-hydrogen) atoms. The van der Waals surface area contributed by atoms with Crippen LogP contribution in [0.2, 0.25) is 0 Å². The van der Waals surface area contributed by atoms with Crippen LogP contribution in [0, 0.1) is 13.8 Å². The normalized spacial score (nSPS) is 11.0. The smallest absolute Gasteiger partial charge is 0.325 e. The fourth-order valence-corrected chi connectivity index (χ4v) is 2.41. The summed E-state index contributed by atoms with van der Waals surface area (Å²) in [7, 11) is 0. The highest BCUT2D eigenvalue weighted by Crippen LogP contribution is 2.23. The number of carbonyl (C=O) groups is 1. The zero-order chi connectivity index (χ0) is 15.9. The molecule has 0 aliphatic rings. The molecule has 2 aromatic heterocycles. The van der Waals surface area contributed by atoms with Gasteiger partial charge in [0.25, 0.3) is 5.56 Å². The van der Waals surface area contributed by atoms with Crippen LogP contribution in [0.3, 0.4) is 0 Å². The van der Waals surface area contributed by atoms with Gasteiger partial charge in [-0.05, 0) is 25.5 Å². The van der Waals surface area contributed by atoms with Crippen molar-refractivity contribution in [1.29, 1.82) is 0 Å². The van der Waals surface area contributed by atoms with E-state index in [4.69, 9.17) is 5.11 Å². The van der Waals surface area contributed by atoms with Crippen molar-refractivity contribution in [3.63, 3.8) is 0 Å². The zero-order valence-corrected chi connectivity index (χ0v) is 12.1. The van der Waals surface area contributed by atoms with Crippen LogP contribution in [0.5, 0.6) is 0 Å². The van der Waals surface area contributed by atoms with Gasteiger partial charge in [0.1, 0.15) is 18.4 Å². The molecule has 112 valence electrons. The summed E-state index contributed by atoms with van der Waals surface area (Å²) < 4.78 is 2.28. The SMILES string of the molecule is Cc1ccc(-c2cc3c(=O)n(CC(=O)O)ncn3n2)c(C)c1. The Balaban J connectivity index is 2.16. The van der Waals surface area contributed by atoms with Gasteiger partial charge in [-0.3, -0.25) is 9.59 Å². The Bertz CT molecular complexity index is 940. The predicted octanol–water partition coefficient (Wildman–Crippen LogP) is 1.26. The maximum atomic E-state index is 12.2. The molecule has 0 saturated carbocycles. The fourth-order valence-electron chi connectivity index (χ4n) is 2.41. The molecule has 0 spiro atoms. The van der Waals surface area contributed by atoms with Crippen molar-refractivity contribution in [2.24, 2.45) is 0 Å². The Kier molecular flexibility index (Phi) is 3.25. The van der Waals surface area contributed by atoms with Crippen molar-refractivity contribution in [2.75, 3.05) is 0 Å². The molecule has 0 bridgehead atoms. The van der Waals surface area contributed by atoms with E-state index >= 15 is 0 Å². The maximum absolute atomic E-state index is 12.2. The topological polar surface area (TPSA) is 89.5 Å². The third-order valence-electron chi connectivity index (χ3n) is 3.43. The van der Waals surface area contributed by atoms with Gasteiger partial charge in [-0.25, -0.2) is 9.20 Å². The van der Waals surface area contributed by atoms with E-state index in [0.29, 0.717) is 11.2 Å². The number of carboxylic acids is 1. The largest absolute Gasteiger partial charge is 0.480 e. The molecule has 0 aliphatic heterocycles. The van der Waals surface area contributed by atoms with Gasteiger partial charge >= 0.3 is 5.97 Å². The lowest BCUT2D eigenvalue weighted by molar-refractivity contribution is -0.138. The van der Waals surface area contributed by atoms with Crippen LogP contribution in [0.15, 0.2) is 35.4 Å². The zero-order valence-electron chi connectivity index (χ0n) is 12.1. The first-order valence-electron chi connectivity index (χ1n) is 6.70. The van der Waals surface area contributed by atoms with Crippen molar-refractivity contribution in [3.8, 4) is 11.3 Å². The molecule has 7 heteroatoms. The maximum Gasteiger partial charge on any atom is 0.325 e. The van der Waals surface area contributed by atoms with Crippen LogP contribution >= 0.6 is 0 Å². The molecule has 0 fully saturated rings. The van der Waals surface area contributed by atoms with E-state index in [1.54, 1.807) is 6.07 Å². The predicted molar refractivity (Wildman–Crippen MR) is 79.8 cm³/mol. The average Bonchev–Trinajstić information content (AvgIpc) is 2.86. The van der Waals surface area contributed by atoms with Gasteiger partial charge in [0.2, 0.25) is 0 Å². The standard InChI is InChI=1S/C15H14N4O3/c1-9-3-4-11(10(2)5-9)12-6-13-15(22)18(7-14(20)21)16-8-19(13)17-12/h3-6,8H,7H2,1-2H3,(H,20,21). The molecule has 0 saturated heterocycles. The highest BCUT2D eigenvalue weighted by Gasteiger charge is 2.12. The first kappa shape index (κ1) is 14.0.